The number of aryl methyl sites for hydroxylation is 1. The predicted octanol–water partition coefficient (Wildman–Crippen LogP) is 2.11. The molecule has 2 rings (SSSR count). The van der Waals surface area contributed by atoms with E-state index < -0.39 is 0 Å². The van der Waals surface area contributed by atoms with Gasteiger partial charge >= 0.3 is 0 Å². The van der Waals surface area contributed by atoms with Gasteiger partial charge in [0.25, 0.3) is 0 Å². The van der Waals surface area contributed by atoms with E-state index in [1.54, 1.807) is 0 Å². The summed E-state index contributed by atoms with van der Waals surface area (Å²) in [5, 5.41) is 11.8. The minimum Gasteiger partial charge on any atom is -0.388 e. The van der Waals surface area contributed by atoms with E-state index in [1.165, 1.54) is 0 Å². The molecule has 1 heterocycles. The highest BCUT2D eigenvalue weighted by molar-refractivity contribution is 5.77. The topological polar surface area (TPSA) is 67.7 Å². The van der Waals surface area contributed by atoms with Gasteiger partial charge in [-0.1, -0.05) is 30.3 Å². The minimum atomic E-state index is 0.00222. The first-order valence-corrected chi connectivity index (χ1v) is 5.55. The van der Waals surface area contributed by atoms with Gasteiger partial charge in [0.1, 0.15) is 0 Å². The molecule has 1 aromatic heterocycles. The van der Waals surface area contributed by atoms with Gasteiger partial charge in [-0.2, -0.15) is 5.10 Å². The third kappa shape index (κ3) is 2.72. The number of nitrogens with zero attached hydrogens (tertiary/aromatic N) is 2. The highest BCUT2D eigenvalue weighted by Crippen LogP contribution is 2.21. The molecular weight excluding hydrogens is 212 g/mol. The van der Waals surface area contributed by atoms with E-state index in [1.807, 2.05) is 54.3 Å². The summed E-state index contributed by atoms with van der Waals surface area (Å²) in [4.78, 5) is 0. The van der Waals surface area contributed by atoms with Crippen molar-refractivity contribution in [3.8, 4) is 0 Å². The summed E-state index contributed by atoms with van der Waals surface area (Å²) in [7, 11) is 0. The Kier molecular flexibility index (Phi) is 3.23. The van der Waals surface area contributed by atoms with Crippen LogP contribution in [-0.2, 0) is 0 Å². The lowest BCUT2D eigenvalue weighted by atomic mass is 10.0. The van der Waals surface area contributed by atoms with E-state index in [2.05, 4.69) is 5.10 Å². The van der Waals surface area contributed by atoms with Crippen molar-refractivity contribution in [1.29, 1.82) is 5.41 Å². The van der Waals surface area contributed by atoms with Crippen molar-refractivity contribution >= 4 is 5.84 Å². The van der Waals surface area contributed by atoms with Crippen LogP contribution in [0.25, 0.3) is 0 Å². The van der Waals surface area contributed by atoms with Crippen LogP contribution in [0.4, 0.5) is 0 Å². The average molecular weight is 228 g/mol. The first-order chi connectivity index (χ1) is 8.16. The molecule has 3 N–H and O–H groups in total. The van der Waals surface area contributed by atoms with Crippen molar-refractivity contribution in [2.75, 3.05) is 0 Å². The van der Waals surface area contributed by atoms with Crippen LogP contribution < -0.4 is 5.73 Å². The highest BCUT2D eigenvalue weighted by atomic mass is 15.3. The van der Waals surface area contributed by atoms with Crippen LogP contribution in [0.1, 0.15) is 23.6 Å². The van der Waals surface area contributed by atoms with Crippen molar-refractivity contribution in [3.05, 3.63) is 53.9 Å². The normalized spacial score (nSPS) is 12.3. The standard InChI is InChI=1S/C13H16N4/c1-10-8-16-17(9-10)12(7-13(14)15)11-5-3-2-4-6-11/h2-6,8-9,12H,7H2,1H3,(H3,14,15). The van der Waals surface area contributed by atoms with Crippen LogP contribution in [0, 0.1) is 12.3 Å². The summed E-state index contributed by atoms with van der Waals surface area (Å²) < 4.78 is 1.87. The SMILES string of the molecule is Cc1cnn(C(CC(=N)N)c2ccccc2)c1. The number of rotatable bonds is 4. The first kappa shape index (κ1) is 11.4. The molecule has 0 aliphatic carbocycles. The Labute approximate surface area is 101 Å². The second-order valence-electron chi connectivity index (χ2n) is 4.15. The quantitative estimate of drug-likeness (QED) is 0.621. The fourth-order valence-electron chi connectivity index (χ4n) is 1.85. The second kappa shape index (κ2) is 4.82. The Morgan fingerprint density at radius 3 is 2.65 bits per heavy atom. The molecule has 0 saturated heterocycles. The van der Waals surface area contributed by atoms with Crippen molar-refractivity contribution in [1.82, 2.24) is 9.78 Å². The van der Waals surface area contributed by atoms with Crippen LogP contribution in [0.15, 0.2) is 42.7 Å². The summed E-state index contributed by atoms with van der Waals surface area (Å²) >= 11 is 0. The summed E-state index contributed by atoms with van der Waals surface area (Å²) in [6.07, 6.45) is 4.27. The lowest BCUT2D eigenvalue weighted by molar-refractivity contribution is 0.536. The van der Waals surface area contributed by atoms with Gasteiger partial charge in [0, 0.05) is 12.6 Å². The lowest BCUT2D eigenvalue weighted by Crippen LogP contribution is -2.20. The lowest BCUT2D eigenvalue weighted by Gasteiger charge is -2.17. The second-order valence-corrected chi connectivity index (χ2v) is 4.15. The summed E-state index contributed by atoms with van der Waals surface area (Å²) in [6.45, 7) is 2.00. The molecule has 17 heavy (non-hydrogen) atoms. The number of nitrogens with two attached hydrogens (primary N) is 1. The summed E-state index contributed by atoms with van der Waals surface area (Å²) in [6, 6.07) is 10.0. The number of aromatic nitrogens is 2. The molecule has 4 nitrogen and oxygen atoms in total. The van der Waals surface area contributed by atoms with E-state index in [0.717, 1.165) is 11.1 Å². The predicted molar refractivity (Wildman–Crippen MR) is 68.1 cm³/mol. The largest absolute Gasteiger partial charge is 0.388 e. The first-order valence-electron chi connectivity index (χ1n) is 5.55. The molecule has 1 atom stereocenters. The van der Waals surface area contributed by atoms with Gasteiger partial charge in [-0.3, -0.25) is 10.1 Å². The Morgan fingerprint density at radius 2 is 2.12 bits per heavy atom. The number of benzene rings is 1. The maximum Gasteiger partial charge on any atom is 0.0930 e. The zero-order valence-electron chi connectivity index (χ0n) is 9.80. The molecule has 0 amide bonds. The molecule has 0 aliphatic rings. The van der Waals surface area contributed by atoms with Crippen LogP contribution >= 0.6 is 0 Å². The number of hydrogen-bond donors (Lipinski definition) is 2. The van der Waals surface area contributed by atoms with Gasteiger partial charge in [-0.15, -0.1) is 0 Å². The van der Waals surface area contributed by atoms with E-state index in [4.69, 9.17) is 11.1 Å². The van der Waals surface area contributed by atoms with Gasteiger partial charge in [-0.05, 0) is 18.1 Å². The van der Waals surface area contributed by atoms with Gasteiger partial charge in [0.15, 0.2) is 0 Å². The number of hydrogen-bond acceptors (Lipinski definition) is 2. The minimum absolute atomic E-state index is 0.00222. The molecule has 0 radical (unpaired) electrons. The van der Waals surface area contributed by atoms with Crippen molar-refractivity contribution in [2.24, 2.45) is 5.73 Å². The van der Waals surface area contributed by atoms with Crippen LogP contribution in [0.3, 0.4) is 0 Å². The average Bonchev–Trinajstić information content (AvgIpc) is 2.73. The Bertz CT molecular complexity index is 501. The third-order valence-electron chi connectivity index (χ3n) is 2.65. The molecule has 2 aromatic rings. The zero-order valence-corrected chi connectivity index (χ0v) is 9.80. The van der Waals surface area contributed by atoms with Crippen LogP contribution in [-0.4, -0.2) is 15.6 Å². The molecule has 4 heteroatoms. The van der Waals surface area contributed by atoms with E-state index in [9.17, 15) is 0 Å². The van der Waals surface area contributed by atoms with Crippen LogP contribution in [0.2, 0.25) is 0 Å². The third-order valence-corrected chi connectivity index (χ3v) is 2.65. The zero-order chi connectivity index (χ0) is 12.3. The molecule has 1 unspecified atom stereocenters. The fourth-order valence-corrected chi connectivity index (χ4v) is 1.85. The molecule has 0 bridgehead atoms. The molecule has 0 fully saturated rings. The smallest absolute Gasteiger partial charge is 0.0930 e. The maximum absolute atomic E-state index is 7.47. The molecule has 1 aromatic carbocycles. The van der Waals surface area contributed by atoms with Crippen molar-refractivity contribution in [3.63, 3.8) is 0 Å². The Morgan fingerprint density at radius 1 is 1.41 bits per heavy atom. The van der Waals surface area contributed by atoms with Gasteiger partial charge < -0.3 is 5.73 Å². The van der Waals surface area contributed by atoms with Gasteiger partial charge in [-0.25, -0.2) is 0 Å². The molecule has 0 aliphatic heterocycles. The molecule has 88 valence electrons. The summed E-state index contributed by atoms with van der Waals surface area (Å²) in [5.41, 5.74) is 7.74. The van der Waals surface area contributed by atoms with Crippen molar-refractivity contribution < 1.29 is 0 Å². The van der Waals surface area contributed by atoms with Gasteiger partial charge in [0.2, 0.25) is 0 Å². The monoisotopic (exact) mass is 228 g/mol. The highest BCUT2D eigenvalue weighted by Gasteiger charge is 2.15. The number of amidine groups is 1. The number of nitrogens with one attached hydrogen (secondary N) is 1. The van der Waals surface area contributed by atoms with Crippen LogP contribution in [0.5, 0.6) is 0 Å². The van der Waals surface area contributed by atoms with Crippen molar-refractivity contribution in [2.45, 2.75) is 19.4 Å². The molecular formula is C13H16N4. The van der Waals surface area contributed by atoms with Gasteiger partial charge in [0.05, 0.1) is 18.1 Å². The van der Waals surface area contributed by atoms with E-state index in [-0.39, 0.29) is 11.9 Å². The Balaban J connectivity index is 2.35. The van der Waals surface area contributed by atoms with E-state index in [0.29, 0.717) is 6.42 Å². The molecule has 0 spiro atoms. The fraction of sp³-hybridized carbons (Fsp3) is 0.231. The Hall–Kier alpha value is -2.10. The molecule has 0 saturated carbocycles. The summed E-state index contributed by atoms with van der Waals surface area (Å²) in [5.74, 6) is 0.173. The van der Waals surface area contributed by atoms with E-state index >= 15 is 0 Å². The maximum atomic E-state index is 7.47.